The molecule has 0 atom stereocenters. The molecule has 2 N–H and O–H groups in total. The molecule has 0 bridgehead atoms. The molecule has 0 aliphatic carbocycles. The molecule has 66 valence electrons. The maximum atomic E-state index is 10.3. The number of rotatable bonds is 1. The van der Waals surface area contributed by atoms with Crippen LogP contribution < -0.4 is 5.32 Å². The Balaban J connectivity index is 3.14. The minimum absolute atomic E-state index is 0.282. The highest BCUT2D eigenvalue weighted by molar-refractivity contribution is 9.10. The van der Waals surface area contributed by atoms with Crippen LogP contribution in [0.4, 0.5) is 10.5 Å². The number of benzene rings is 1. The van der Waals surface area contributed by atoms with Crippen LogP contribution in [0.2, 0.25) is 0 Å². The van der Waals surface area contributed by atoms with Gasteiger partial charge in [-0.15, -0.1) is 0 Å². The fourth-order valence-electron chi connectivity index (χ4n) is 0.857. The lowest BCUT2D eigenvalue weighted by molar-refractivity contribution is 0.209. The first-order valence-corrected chi connectivity index (χ1v) is 4.13. The molecule has 0 unspecified atom stereocenters. The standard InChI is InChI=1S/C8H5BrN2O2/c9-6-2-1-3-7(5(6)4-10)11-8(12)13/h1-3,11H,(H,12,13). The molecule has 4 nitrogen and oxygen atoms in total. The van der Waals surface area contributed by atoms with E-state index in [2.05, 4.69) is 21.2 Å². The summed E-state index contributed by atoms with van der Waals surface area (Å²) in [5.74, 6) is 0. The van der Waals surface area contributed by atoms with Crippen molar-refractivity contribution in [3.8, 4) is 6.07 Å². The monoisotopic (exact) mass is 240 g/mol. The highest BCUT2D eigenvalue weighted by Gasteiger charge is 2.07. The quantitative estimate of drug-likeness (QED) is 0.792. The first-order chi connectivity index (χ1) is 6.15. The van der Waals surface area contributed by atoms with E-state index in [1.54, 1.807) is 12.1 Å². The van der Waals surface area contributed by atoms with Crippen LogP contribution in [-0.4, -0.2) is 11.2 Å². The average Bonchev–Trinajstić information content (AvgIpc) is 2.03. The molecule has 1 aromatic carbocycles. The molecule has 1 amide bonds. The smallest absolute Gasteiger partial charge is 0.409 e. The van der Waals surface area contributed by atoms with E-state index in [4.69, 9.17) is 10.4 Å². The van der Waals surface area contributed by atoms with Crippen LogP contribution in [0, 0.1) is 11.3 Å². The van der Waals surface area contributed by atoms with Gasteiger partial charge in [-0.3, -0.25) is 5.32 Å². The zero-order valence-electron chi connectivity index (χ0n) is 6.41. The Bertz CT molecular complexity index is 384. The lowest BCUT2D eigenvalue weighted by atomic mass is 10.2. The minimum Gasteiger partial charge on any atom is -0.465 e. The number of nitrogens with zero attached hydrogens (tertiary/aromatic N) is 1. The van der Waals surface area contributed by atoms with Crippen molar-refractivity contribution in [3.63, 3.8) is 0 Å². The fraction of sp³-hybridized carbons (Fsp3) is 0. The van der Waals surface area contributed by atoms with Crippen molar-refractivity contribution in [2.45, 2.75) is 0 Å². The Kier molecular flexibility index (Phi) is 2.88. The van der Waals surface area contributed by atoms with Crippen LogP contribution in [0.1, 0.15) is 5.56 Å². The van der Waals surface area contributed by atoms with E-state index in [0.717, 1.165) is 0 Å². The number of carbonyl (C=O) groups is 1. The third-order valence-corrected chi connectivity index (χ3v) is 2.03. The number of hydrogen-bond donors (Lipinski definition) is 2. The van der Waals surface area contributed by atoms with Gasteiger partial charge in [-0.1, -0.05) is 6.07 Å². The summed E-state index contributed by atoms with van der Waals surface area (Å²) in [7, 11) is 0. The lowest BCUT2D eigenvalue weighted by Gasteiger charge is -2.03. The van der Waals surface area contributed by atoms with Crippen LogP contribution in [0.5, 0.6) is 0 Å². The van der Waals surface area contributed by atoms with Crippen molar-refractivity contribution in [1.82, 2.24) is 0 Å². The van der Waals surface area contributed by atoms with E-state index in [1.807, 2.05) is 6.07 Å². The van der Waals surface area contributed by atoms with Gasteiger partial charge >= 0.3 is 6.09 Å². The predicted octanol–water partition coefficient (Wildman–Crippen LogP) is 2.41. The summed E-state index contributed by atoms with van der Waals surface area (Å²) >= 11 is 3.14. The number of amides is 1. The van der Waals surface area contributed by atoms with Crippen LogP contribution in [0.15, 0.2) is 22.7 Å². The molecular formula is C8H5BrN2O2. The summed E-state index contributed by atoms with van der Waals surface area (Å²) in [5.41, 5.74) is 0.564. The van der Waals surface area contributed by atoms with Gasteiger partial charge in [0.15, 0.2) is 0 Å². The predicted molar refractivity (Wildman–Crippen MR) is 50.5 cm³/mol. The summed E-state index contributed by atoms with van der Waals surface area (Å²) < 4.78 is 0.571. The second-order valence-electron chi connectivity index (χ2n) is 2.20. The van der Waals surface area contributed by atoms with Crippen molar-refractivity contribution in [3.05, 3.63) is 28.2 Å². The zero-order valence-corrected chi connectivity index (χ0v) is 8.00. The van der Waals surface area contributed by atoms with Gasteiger partial charge in [0.25, 0.3) is 0 Å². The Hall–Kier alpha value is -1.54. The second kappa shape index (κ2) is 3.92. The van der Waals surface area contributed by atoms with Gasteiger partial charge in [-0.2, -0.15) is 5.26 Å². The van der Waals surface area contributed by atoms with Crippen LogP contribution in [0.3, 0.4) is 0 Å². The number of halogens is 1. The topological polar surface area (TPSA) is 73.1 Å². The van der Waals surface area contributed by atoms with Crippen LogP contribution in [0.25, 0.3) is 0 Å². The average molecular weight is 241 g/mol. The first kappa shape index (κ1) is 9.55. The molecule has 0 aliphatic rings. The lowest BCUT2D eigenvalue weighted by Crippen LogP contribution is -2.08. The molecular weight excluding hydrogens is 236 g/mol. The summed E-state index contributed by atoms with van der Waals surface area (Å²) in [4.78, 5) is 10.3. The molecule has 0 saturated carbocycles. The van der Waals surface area contributed by atoms with Crippen molar-refractivity contribution >= 4 is 27.7 Å². The summed E-state index contributed by atoms with van der Waals surface area (Å²) in [6.07, 6.45) is -1.19. The maximum Gasteiger partial charge on any atom is 0.409 e. The molecule has 5 heteroatoms. The van der Waals surface area contributed by atoms with E-state index in [1.165, 1.54) is 6.07 Å². The molecule has 1 rings (SSSR count). The van der Waals surface area contributed by atoms with Crippen molar-refractivity contribution in [1.29, 1.82) is 5.26 Å². The van der Waals surface area contributed by atoms with Crippen molar-refractivity contribution in [2.75, 3.05) is 5.32 Å². The van der Waals surface area contributed by atoms with Gasteiger partial charge in [0, 0.05) is 4.47 Å². The summed E-state index contributed by atoms with van der Waals surface area (Å²) in [5, 5.41) is 19.3. The molecule has 0 fully saturated rings. The van der Waals surface area contributed by atoms with Gasteiger partial charge in [-0.05, 0) is 28.1 Å². The molecule has 0 saturated heterocycles. The fourth-order valence-corrected chi connectivity index (χ4v) is 1.31. The highest BCUT2D eigenvalue weighted by atomic mass is 79.9. The Morgan fingerprint density at radius 1 is 1.62 bits per heavy atom. The van der Waals surface area contributed by atoms with Gasteiger partial charge in [0.05, 0.1) is 11.3 Å². The second-order valence-corrected chi connectivity index (χ2v) is 3.06. The molecule has 0 heterocycles. The van der Waals surface area contributed by atoms with Crippen LogP contribution >= 0.6 is 15.9 Å². The number of nitrogens with one attached hydrogen (secondary N) is 1. The van der Waals surface area contributed by atoms with E-state index in [9.17, 15) is 4.79 Å². The number of carboxylic acid groups (broad SMARTS) is 1. The highest BCUT2D eigenvalue weighted by Crippen LogP contribution is 2.23. The normalized spacial score (nSPS) is 8.92. The number of hydrogen-bond acceptors (Lipinski definition) is 2. The van der Waals surface area contributed by atoms with E-state index < -0.39 is 6.09 Å². The van der Waals surface area contributed by atoms with Crippen LogP contribution in [-0.2, 0) is 0 Å². The maximum absolute atomic E-state index is 10.3. The Morgan fingerprint density at radius 2 is 2.31 bits per heavy atom. The summed E-state index contributed by atoms with van der Waals surface area (Å²) in [6.45, 7) is 0. The molecule has 0 radical (unpaired) electrons. The van der Waals surface area contributed by atoms with Crippen molar-refractivity contribution in [2.24, 2.45) is 0 Å². The van der Waals surface area contributed by atoms with Gasteiger partial charge in [-0.25, -0.2) is 4.79 Å². The minimum atomic E-state index is -1.19. The Labute approximate surface area is 82.9 Å². The largest absolute Gasteiger partial charge is 0.465 e. The third kappa shape index (κ3) is 2.20. The molecule has 13 heavy (non-hydrogen) atoms. The Morgan fingerprint density at radius 3 is 2.85 bits per heavy atom. The first-order valence-electron chi connectivity index (χ1n) is 3.33. The van der Waals surface area contributed by atoms with Gasteiger partial charge in [0.1, 0.15) is 6.07 Å². The van der Waals surface area contributed by atoms with E-state index in [0.29, 0.717) is 4.47 Å². The number of anilines is 1. The molecule has 0 spiro atoms. The van der Waals surface area contributed by atoms with Crippen molar-refractivity contribution < 1.29 is 9.90 Å². The van der Waals surface area contributed by atoms with E-state index >= 15 is 0 Å². The third-order valence-electron chi connectivity index (χ3n) is 1.37. The zero-order chi connectivity index (χ0) is 9.84. The molecule has 0 aliphatic heterocycles. The summed E-state index contributed by atoms with van der Waals surface area (Å²) in [6, 6.07) is 6.74. The van der Waals surface area contributed by atoms with Gasteiger partial charge in [0.2, 0.25) is 0 Å². The number of nitriles is 1. The van der Waals surface area contributed by atoms with E-state index in [-0.39, 0.29) is 11.3 Å². The SMILES string of the molecule is N#Cc1c(Br)cccc1NC(=O)O. The molecule has 1 aromatic rings. The van der Waals surface area contributed by atoms with Gasteiger partial charge < -0.3 is 5.11 Å². The molecule has 0 aromatic heterocycles.